The third kappa shape index (κ3) is 4.46. The molecule has 2 aromatic carbocycles. The minimum absolute atomic E-state index is 0.117. The number of ether oxygens (including phenoxy) is 2. The van der Waals surface area contributed by atoms with Gasteiger partial charge in [0, 0.05) is 23.5 Å². The van der Waals surface area contributed by atoms with Crippen molar-refractivity contribution in [2.45, 2.75) is 18.4 Å². The van der Waals surface area contributed by atoms with Crippen molar-refractivity contribution >= 4 is 27.3 Å². The molecule has 0 saturated carbocycles. The van der Waals surface area contributed by atoms with Crippen molar-refractivity contribution in [1.82, 2.24) is 4.98 Å². The molecule has 0 atom stereocenters. The fraction of sp³-hybridized carbons (Fsp3) is 0.190. The normalized spacial score (nSPS) is 11.2. The predicted molar refractivity (Wildman–Crippen MR) is 113 cm³/mol. The van der Waals surface area contributed by atoms with Crippen LogP contribution >= 0.6 is 11.6 Å². The van der Waals surface area contributed by atoms with Gasteiger partial charge in [-0.2, -0.15) is 0 Å². The Hall–Kier alpha value is -2.77. The summed E-state index contributed by atoms with van der Waals surface area (Å²) in [7, 11) is -0.950. The Morgan fingerprint density at radius 1 is 1.03 bits per heavy atom. The number of hydrogen-bond acceptors (Lipinski definition) is 5. The number of benzene rings is 2. The van der Waals surface area contributed by atoms with Gasteiger partial charge in [-0.25, -0.2) is 8.42 Å². The highest BCUT2D eigenvalue weighted by atomic mass is 35.5. The standard InChI is InChI=1S/C21H21ClN2O4S/c1-15-11-19(27-2)20(28-3)12-21(15)29(25,26)24(14-16-5-4-10-23-13-16)18-8-6-17(22)7-9-18/h4-13H,14H2,1-3H3. The number of rotatable bonds is 7. The fourth-order valence-corrected chi connectivity index (χ4v) is 4.74. The van der Waals surface area contributed by atoms with Gasteiger partial charge in [-0.05, 0) is 54.4 Å². The second kappa shape index (κ2) is 8.71. The first-order chi connectivity index (χ1) is 13.9. The van der Waals surface area contributed by atoms with E-state index in [1.54, 1.807) is 55.7 Å². The van der Waals surface area contributed by atoms with Crippen LogP contribution in [0.15, 0.2) is 65.8 Å². The number of hydrogen-bond donors (Lipinski definition) is 0. The van der Waals surface area contributed by atoms with Gasteiger partial charge in [0.05, 0.1) is 31.3 Å². The molecule has 0 bridgehead atoms. The van der Waals surface area contributed by atoms with Gasteiger partial charge < -0.3 is 9.47 Å². The van der Waals surface area contributed by atoms with Gasteiger partial charge in [-0.15, -0.1) is 0 Å². The number of pyridine rings is 1. The van der Waals surface area contributed by atoms with E-state index in [1.807, 2.05) is 6.07 Å². The molecule has 1 aromatic heterocycles. The molecule has 0 aliphatic rings. The average molecular weight is 433 g/mol. The van der Waals surface area contributed by atoms with Crippen LogP contribution in [0.1, 0.15) is 11.1 Å². The summed E-state index contributed by atoms with van der Waals surface area (Å²) in [6, 6.07) is 13.4. The first-order valence-electron chi connectivity index (χ1n) is 8.76. The predicted octanol–water partition coefficient (Wildman–Crippen LogP) is 4.46. The number of nitrogens with zero attached hydrogens (tertiary/aromatic N) is 2. The zero-order chi connectivity index (χ0) is 21.0. The molecule has 0 spiro atoms. The second-order valence-corrected chi connectivity index (χ2v) is 8.59. The number of anilines is 1. The maximum absolute atomic E-state index is 13.7. The Labute approximate surface area is 175 Å². The lowest BCUT2D eigenvalue weighted by molar-refractivity contribution is 0.353. The van der Waals surface area contributed by atoms with Crippen LogP contribution in [0.4, 0.5) is 5.69 Å². The van der Waals surface area contributed by atoms with Gasteiger partial charge in [0.2, 0.25) is 0 Å². The zero-order valence-corrected chi connectivity index (χ0v) is 17.9. The molecule has 152 valence electrons. The number of methoxy groups -OCH3 is 2. The summed E-state index contributed by atoms with van der Waals surface area (Å²) in [6.07, 6.45) is 3.28. The lowest BCUT2D eigenvalue weighted by atomic mass is 10.2. The molecule has 0 saturated heterocycles. The molecule has 0 N–H and O–H groups in total. The lowest BCUT2D eigenvalue weighted by Crippen LogP contribution is -2.31. The van der Waals surface area contributed by atoms with Crippen molar-refractivity contribution in [3.8, 4) is 11.5 Å². The first-order valence-corrected chi connectivity index (χ1v) is 10.6. The Bertz CT molecular complexity index is 1090. The Morgan fingerprint density at radius 3 is 2.28 bits per heavy atom. The van der Waals surface area contributed by atoms with E-state index in [0.29, 0.717) is 27.8 Å². The monoisotopic (exact) mass is 432 g/mol. The van der Waals surface area contributed by atoms with Crippen molar-refractivity contribution in [2.24, 2.45) is 0 Å². The number of halogens is 1. The summed E-state index contributed by atoms with van der Waals surface area (Å²) in [4.78, 5) is 4.22. The fourth-order valence-electron chi connectivity index (χ4n) is 2.94. The van der Waals surface area contributed by atoms with Crippen LogP contribution < -0.4 is 13.8 Å². The SMILES string of the molecule is COc1cc(C)c(S(=O)(=O)N(Cc2cccnc2)c2ccc(Cl)cc2)cc1OC. The third-order valence-electron chi connectivity index (χ3n) is 4.41. The molecular formula is C21H21ClN2O4S. The lowest BCUT2D eigenvalue weighted by Gasteiger charge is -2.26. The molecule has 6 nitrogen and oxygen atoms in total. The van der Waals surface area contributed by atoms with Crippen LogP contribution in [-0.4, -0.2) is 27.6 Å². The average Bonchev–Trinajstić information content (AvgIpc) is 2.73. The van der Waals surface area contributed by atoms with E-state index >= 15 is 0 Å². The van der Waals surface area contributed by atoms with Crippen molar-refractivity contribution < 1.29 is 17.9 Å². The summed E-state index contributed by atoms with van der Waals surface area (Å²) in [5, 5.41) is 0.523. The second-order valence-electron chi connectivity index (χ2n) is 6.32. The maximum Gasteiger partial charge on any atom is 0.265 e. The summed E-state index contributed by atoms with van der Waals surface area (Å²) >= 11 is 6.00. The van der Waals surface area contributed by atoms with Crippen LogP contribution in [0.3, 0.4) is 0 Å². The molecule has 0 amide bonds. The molecule has 1 heterocycles. The highest BCUT2D eigenvalue weighted by molar-refractivity contribution is 7.92. The first kappa shape index (κ1) is 21.0. The molecule has 29 heavy (non-hydrogen) atoms. The minimum atomic E-state index is -3.93. The molecule has 3 rings (SSSR count). The topological polar surface area (TPSA) is 68.7 Å². The van der Waals surface area contributed by atoms with E-state index in [4.69, 9.17) is 21.1 Å². The summed E-state index contributed by atoms with van der Waals surface area (Å²) in [5.74, 6) is 0.809. The van der Waals surface area contributed by atoms with Gasteiger partial charge in [0.25, 0.3) is 10.0 Å². The maximum atomic E-state index is 13.7. The molecule has 0 aliphatic heterocycles. The van der Waals surface area contributed by atoms with E-state index < -0.39 is 10.0 Å². The van der Waals surface area contributed by atoms with Gasteiger partial charge in [-0.3, -0.25) is 9.29 Å². The molecular weight excluding hydrogens is 412 g/mol. The highest BCUT2D eigenvalue weighted by Gasteiger charge is 2.28. The van der Waals surface area contributed by atoms with Gasteiger partial charge in [0.15, 0.2) is 11.5 Å². The molecule has 3 aromatic rings. The minimum Gasteiger partial charge on any atom is -0.493 e. The van der Waals surface area contributed by atoms with E-state index in [-0.39, 0.29) is 11.4 Å². The van der Waals surface area contributed by atoms with Crippen LogP contribution in [0.25, 0.3) is 0 Å². The zero-order valence-electron chi connectivity index (χ0n) is 16.3. The Morgan fingerprint density at radius 2 is 1.69 bits per heavy atom. The van der Waals surface area contributed by atoms with E-state index in [2.05, 4.69) is 4.98 Å². The van der Waals surface area contributed by atoms with Crippen LogP contribution in [0, 0.1) is 6.92 Å². The Kier molecular flexibility index (Phi) is 6.30. The third-order valence-corrected chi connectivity index (χ3v) is 6.58. The smallest absolute Gasteiger partial charge is 0.265 e. The van der Waals surface area contributed by atoms with Gasteiger partial charge in [-0.1, -0.05) is 17.7 Å². The largest absolute Gasteiger partial charge is 0.493 e. The summed E-state index contributed by atoms with van der Waals surface area (Å²) in [5.41, 5.74) is 1.80. The van der Waals surface area contributed by atoms with Crippen molar-refractivity contribution in [2.75, 3.05) is 18.5 Å². The molecule has 0 unspecified atom stereocenters. The quantitative estimate of drug-likeness (QED) is 0.551. The van der Waals surface area contributed by atoms with Gasteiger partial charge in [0.1, 0.15) is 0 Å². The van der Waals surface area contributed by atoms with Crippen LogP contribution in [0.2, 0.25) is 5.02 Å². The summed E-state index contributed by atoms with van der Waals surface area (Å²) in [6.45, 7) is 1.84. The van der Waals surface area contributed by atoms with Crippen molar-refractivity contribution in [3.63, 3.8) is 0 Å². The molecule has 0 radical (unpaired) electrons. The molecule has 8 heteroatoms. The van der Waals surface area contributed by atoms with Crippen molar-refractivity contribution in [1.29, 1.82) is 0 Å². The highest BCUT2D eigenvalue weighted by Crippen LogP contribution is 2.35. The number of sulfonamides is 1. The molecule has 0 aliphatic carbocycles. The van der Waals surface area contributed by atoms with Crippen LogP contribution in [-0.2, 0) is 16.6 Å². The number of aryl methyl sites for hydroxylation is 1. The van der Waals surface area contributed by atoms with Crippen molar-refractivity contribution in [3.05, 3.63) is 77.1 Å². The number of aromatic nitrogens is 1. The van der Waals surface area contributed by atoms with E-state index in [9.17, 15) is 8.42 Å². The van der Waals surface area contributed by atoms with Crippen LogP contribution in [0.5, 0.6) is 11.5 Å². The molecule has 0 fully saturated rings. The summed E-state index contributed by atoms with van der Waals surface area (Å²) < 4.78 is 39.3. The van der Waals surface area contributed by atoms with E-state index in [1.165, 1.54) is 24.6 Å². The van der Waals surface area contributed by atoms with Gasteiger partial charge >= 0.3 is 0 Å². The Balaban J connectivity index is 2.14. The van der Waals surface area contributed by atoms with E-state index in [0.717, 1.165) is 5.56 Å².